The van der Waals surface area contributed by atoms with Crippen LogP contribution in [-0.4, -0.2) is 23.0 Å². The Hall–Kier alpha value is -1.91. The Labute approximate surface area is 110 Å². The van der Waals surface area contributed by atoms with Gasteiger partial charge in [-0.1, -0.05) is 6.07 Å². The second-order valence-corrected chi connectivity index (χ2v) is 4.98. The van der Waals surface area contributed by atoms with Crippen LogP contribution in [0, 0.1) is 18.7 Å². The zero-order valence-electron chi connectivity index (χ0n) is 10.6. The molecule has 0 spiro atoms. The summed E-state index contributed by atoms with van der Waals surface area (Å²) in [4.78, 5) is 22.7. The fraction of sp³-hybridized carbons (Fsp3) is 0.429. The van der Waals surface area contributed by atoms with Crippen molar-refractivity contribution >= 4 is 11.9 Å². The highest BCUT2D eigenvalue weighted by Gasteiger charge is 2.33. The van der Waals surface area contributed by atoms with Gasteiger partial charge < -0.3 is 10.4 Å². The van der Waals surface area contributed by atoms with Gasteiger partial charge in [0.25, 0.3) is 5.91 Å². The standard InChI is InChI=1S/C14H16FNO3/c1-8-2-3-10(6-11(8)15)14(19)16-12(7-13(17)18)9-4-5-9/h2-3,6,9,12H,4-5,7H2,1H3,(H,16,19)(H,17,18). The van der Waals surface area contributed by atoms with Crippen molar-refractivity contribution in [2.75, 3.05) is 0 Å². The number of nitrogens with one attached hydrogen (secondary N) is 1. The molecule has 1 saturated carbocycles. The molecule has 1 unspecified atom stereocenters. The maximum Gasteiger partial charge on any atom is 0.305 e. The number of rotatable bonds is 5. The molecule has 2 N–H and O–H groups in total. The Morgan fingerprint density at radius 1 is 1.47 bits per heavy atom. The summed E-state index contributed by atoms with van der Waals surface area (Å²) < 4.78 is 13.4. The third kappa shape index (κ3) is 3.53. The average molecular weight is 265 g/mol. The largest absolute Gasteiger partial charge is 0.481 e. The van der Waals surface area contributed by atoms with Crippen LogP contribution in [0.2, 0.25) is 0 Å². The smallest absolute Gasteiger partial charge is 0.305 e. The van der Waals surface area contributed by atoms with Crippen LogP contribution < -0.4 is 5.32 Å². The fourth-order valence-electron chi connectivity index (χ4n) is 2.01. The van der Waals surface area contributed by atoms with Gasteiger partial charge in [-0.15, -0.1) is 0 Å². The summed E-state index contributed by atoms with van der Waals surface area (Å²) in [5, 5.41) is 11.5. The minimum Gasteiger partial charge on any atom is -0.481 e. The average Bonchev–Trinajstić information content (AvgIpc) is 3.15. The molecule has 0 radical (unpaired) electrons. The molecule has 1 fully saturated rings. The van der Waals surface area contributed by atoms with Crippen molar-refractivity contribution in [2.45, 2.75) is 32.2 Å². The van der Waals surface area contributed by atoms with Gasteiger partial charge in [-0.05, 0) is 43.4 Å². The molecule has 1 amide bonds. The first-order valence-corrected chi connectivity index (χ1v) is 6.26. The Morgan fingerprint density at radius 3 is 2.68 bits per heavy atom. The van der Waals surface area contributed by atoms with Gasteiger partial charge >= 0.3 is 5.97 Å². The Bertz CT molecular complexity index is 511. The second kappa shape index (κ2) is 5.38. The van der Waals surface area contributed by atoms with E-state index in [0.29, 0.717) is 5.56 Å². The number of halogens is 1. The predicted octanol–water partition coefficient (Wildman–Crippen LogP) is 2.12. The number of carbonyl (C=O) groups excluding carboxylic acids is 1. The molecule has 0 saturated heterocycles. The van der Waals surface area contributed by atoms with Crippen LogP contribution in [-0.2, 0) is 4.79 Å². The number of aliphatic carboxylic acids is 1. The van der Waals surface area contributed by atoms with E-state index in [1.54, 1.807) is 13.0 Å². The van der Waals surface area contributed by atoms with E-state index in [-0.39, 0.29) is 23.9 Å². The summed E-state index contributed by atoms with van der Waals surface area (Å²) in [6, 6.07) is 3.89. The number of carboxylic acids is 1. The number of aryl methyl sites for hydroxylation is 1. The molecular weight excluding hydrogens is 249 g/mol. The Balaban J connectivity index is 2.05. The maximum atomic E-state index is 13.4. The van der Waals surface area contributed by atoms with Gasteiger partial charge in [-0.25, -0.2) is 4.39 Å². The van der Waals surface area contributed by atoms with Crippen LogP contribution in [0.15, 0.2) is 18.2 Å². The highest BCUT2D eigenvalue weighted by Crippen LogP contribution is 2.34. The minimum absolute atomic E-state index is 0.0925. The highest BCUT2D eigenvalue weighted by molar-refractivity contribution is 5.94. The lowest BCUT2D eigenvalue weighted by molar-refractivity contribution is -0.137. The van der Waals surface area contributed by atoms with Gasteiger partial charge in [0.2, 0.25) is 0 Å². The molecule has 0 heterocycles. The zero-order valence-corrected chi connectivity index (χ0v) is 10.6. The lowest BCUT2D eigenvalue weighted by Crippen LogP contribution is -2.38. The maximum absolute atomic E-state index is 13.4. The molecule has 4 nitrogen and oxygen atoms in total. The first-order valence-electron chi connectivity index (χ1n) is 6.26. The van der Waals surface area contributed by atoms with Gasteiger partial charge in [-0.2, -0.15) is 0 Å². The number of benzene rings is 1. The fourth-order valence-corrected chi connectivity index (χ4v) is 2.01. The first-order chi connectivity index (χ1) is 8.97. The normalized spacial score (nSPS) is 15.9. The van der Waals surface area contributed by atoms with E-state index >= 15 is 0 Å². The molecule has 1 atom stereocenters. The van der Waals surface area contributed by atoms with Crippen LogP contribution in [0.1, 0.15) is 35.2 Å². The lowest BCUT2D eigenvalue weighted by Gasteiger charge is -2.16. The molecule has 1 aromatic carbocycles. The molecule has 5 heteroatoms. The topological polar surface area (TPSA) is 66.4 Å². The molecule has 0 aromatic heterocycles. The van der Waals surface area contributed by atoms with Crippen LogP contribution in [0.25, 0.3) is 0 Å². The van der Waals surface area contributed by atoms with Gasteiger partial charge in [0.1, 0.15) is 5.82 Å². The van der Waals surface area contributed by atoms with E-state index in [0.717, 1.165) is 12.8 Å². The summed E-state index contributed by atoms with van der Waals surface area (Å²) in [6.07, 6.45) is 1.77. The summed E-state index contributed by atoms with van der Waals surface area (Å²) in [6.45, 7) is 1.62. The van der Waals surface area contributed by atoms with Gasteiger partial charge in [-0.3, -0.25) is 9.59 Å². The number of hydrogen-bond donors (Lipinski definition) is 2. The summed E-state index contributed by atoms with van der Waals surface area (Å²) >= 11 is 0. The zero-order chi connectivity index (χ0) is 14.0. The monoisotopic (exact) mass is 265 g/mol. The van der Waals surface area contributed by atoms with Crippen molar-refractivity contribution < 1.29 is 19.1 Å². The SMILES string of the molecule is Cc1ccc(C(=O)NC(CC(=O)O)C2CC2)cc1F. The number of amides is 1. The third-order valence-electron chi connectivity index (χ3n) is 3.34. The minimum atomic E-state index is -0.938. The summed E-state index contributed by atoms with van der Waals surface area (Å²) in [5.74, 6) is -1.56. The van der Waals surface area contributed by atoms with Crippen LogP contribution in [0.3, 0.4) is 0 Å². The van der Waals surface area contributed by atoms with Crippen molar-refractivity contribution in [1.82, 2.24) is 5.32 Å². The van der Waals surface area contributed by atoms with Crippen LogP contribution in [0.4, 0.5) is 4.39 Å². The molecule has 1 aromatic rings. The van der Waals surface area contributed by atoms with Crippen molar-refractivity contribution in [1.29, 1.82) is 0 Å². The van der Waals surface area contributed by atoms with Crippen LogP contribution in [0.5, 0.6) is 0 Å². The molecule has 1 aliphatic rings. The number of hydrogen-bond acceptors (Lipinski definition) is 2. The van der Waals surface area contributed by atoms with E-state index in [4.69, 9.17) is 5.11 Å². The van der Waals surface area contributed by atoms with Crippen molar-refractivity contribution in [3.8, 4) is 0 Å². The number of carboxylic acid groups (broad SMARTS) is 1. The molecule has 1 aliphatic carbocycles. The Kier molecular flexibility index (Phi) is 3.83. The van der Waals surface area contributed by atoms with E-state index < -0.39 is 17.7 Å². The molecular formula is C14H16FNO3. The van der Waals surface area contributed by atoms with Gasteiger partial charge in [0, 0.05) is 11.6 Å². The number of carbonyl (C=O) groups is 2. The van der Waals surface area contributed by atoms with Crippen molar-refractivity contribution in [3.63, 3.8) is 0 Å². The first kappa shape index (κ1) is 13.5. The van der Waals surface area contributed by atoms with E-state index in [1.807, 2.05) is 0 Å². The summed E-state index contributed by atoms with van der Waals surface area (Å²) in [7, 11) is 0. The third-order valence-corrected chi connectivity index (χ3v) is 3.34. The second-order valence-electron chi connectivity index (χ2n) is 4.98. The Morgan fingerprint density at radius 2 is 2.16 bits per heavy atom. The van der Waals surface area contributed by atoms with Crippen molar-refractivity contribution in [2.24, 2.45) is 5.92 Å². The molecule has 2 rings (SSSR count). The quantitative estimate of drug-likeness (QED) is 0.857. The molecule has 19 heavy (non-hydrogen) atoms. The van der Waals surface area contributed by atoms with E-state index in [9.17, 15) is 14.0 Å². The van der Waals surface area contributed by atoms with E-state index in [2.05, 4.69) is 5.32 Å². The molecule has 0 bridgehead atoms. The lowest BCUT2D eigenvalue weighted by atomic mass is 10.1. The molecule has 0 aliphatic heterocycles. The predicted molar refractivity (Wildman–Crippen MR) is 67.4 cm³/mol. The van der Waals surface area contributed by atoms with Gasteiger partial charge in [0.05, 0.1) is 6.42 Å². The van der Waals surface area contributed by atoms with Gasteiger partial charge in [0.15, 0.2) is 0 Å². The summed E-state index contributed by atoms with van der Waals surface area (Å²) in [5.41, 5.74) is 0.694. The highest BCUT2D eigenvalue weighted by atomic mass is 19.1. The van der Waals surface area contributed by atoms with Crippen molar-refractivity contribution in [3.05, 3.63) is 35.1 Å². The van der Waals surface area contributed by atoms with E-state index in [1.165, 1.54) is 12.1 Å². The molecule has 102 valence electrons. The van der Waals surface area contributed by atoms with Crippen LogP contribution >= 0.6 is 0 Å².